The quantitative estimate of drug-likeness (QED) is 0.887. The van der Waals surface area contributed by atoms with E-state index in [1.807, 2.05) is 13.8 Å². The Bertz CT molecular complexity index is 382. The predicted molar refractivity (Wildman–Crippen MR) is 61.6 cm³/mol. The Labute approximate surface area is 104 Å². The van der Waals surface area contributed by atoms with Gasteiger partial charge in [-0.2, -0.15) is 13.2 Å². The van der Waals surface area contributed by atoms with E-state index in [1.54, 1.807) is 0 Å². The molecule has 1 N–H and O–H groups in total. The Morgan fingerprint density at radius 2 is 1.94 bits per heavy atom. The molecule has 18 heavy (non-hydrogen) atoms. The number of hydrogen-bond donors (Lipinski definition) is 1. The number of rotatable bonds is 5. The lowest BCUT2D eigenvalue weighted by atomic mass is 10.2. The third-order valence-corrected chi connectivity index (χ3v) is 1.93. The average molecular weight is 263 g/mol. The van der Waals surface area contributed by atoms with Crippen molar-refractivity contribution in [1.29, 1.82) is 0 Å². The minimum Gasteiger partial charge on any atom is -0.475 e. The van der Waals surface area contributed by atoms with Gasteiger partial charge in [0.1, 0.15) is 12.1 Å². The molecule has 4 nitrogen and oxygen atoms in total. The summed E-state index contributed by atoms with van der Waals surface area (Å²) in [7, 11) is 0. The fourth-order valence-corrected chi connectivity index (χ4v) is 1.38. The highest BCUT2D eigenvalue weighted by atomic mass is 19.4. The summed E-state index contributed by atoms with van der Waals surface area (Å²) in [5, 5.41) is 2.66. The van der Waals surface area contributed by atoms with Crippen LogP contribution in [0.15, 0.2) is 12.4 Å². The van der Waals surface area contributed by atoms with Crippen molar-refractivity contribution >= 4 is 5.82 Å². The topological polar surface area (TPSA) is 47.0 Å². The van der Waals surface area contributed by atoms with E-state index in [2.05, 4.69) is 15.3 Å². The van der Waals surface area contributed by atoms with Gasteiger partial charge >= 0.3 is 6.18 Å². The van der Waals surface area contributed by atoms with Crippen molar-refractivity contribution in [2.75, 3.05) is 5.32 Å². The normalized spacial score (nSPS) is 13.5. The van der Waals surface area contributed by atoms with Crippen LogP contribution in [0.25, 0.3) is 0 Å². The maximum atomic E-state index is 12.2. The van der Waals surface area contributed by atoms with Crippen LogP contribution < -0.4 is 10.1 Å². The molecule has 1 unspecified atom stereocenters. The van der Waals surface area contributed by atoms with E-state index in [0.29, 0.717) is 11.7 Å². The molecule has 0 radical (unpaired) electrons. The molecule has 0 aromatic carbocycles. The zero-order valence-corrected chi connectivity index (χ0v) is 10.5. The van der Waals surface area contributed by atoms with Crippen molar-refractivity contribution in [3.63, 3.8) is 0 Å². The second-order valence-corrected chi connectivity index (χ2v) is 4.27. The number of halogens is 3. The van der Waals surface area contributed by atoms with Crippen LogP contribution in [0.2, 0.25) is 0 Å². The summed E-state index contributed by atoms with van der Waals surface area (Å²) >= 11 is 0. The molecule has 1 aromatic rings. The summed E-state index contributed by atoms with van der Waals surface area (Å²) < 4.78 is 41.8. The monoisotopic (exact) mass is 263 g/mol. The Morgan fingerprint density at radius 3 is 2.50 bits per heavy atom. The third-order valence-electron chi connectivity index (χ3n) is 1.93. The molecule has 1 rings (SSSR count). The van der Waals surface area contributed by atoms with Crippen molar-refractivity contribution in [2.24, 2.45) is 0 Å². The Morgan fingerprint density at radius 1 is 1.28 bits per heavy atom. The molecule has 0 aliphatic rings. The van der Waals surface area contributed by atoms with Gasteiger partial charge in [0.05, 0.1) is 12.5 Å². The van der Waals surface area contributed by atoms with Gasteiger partial charge in [-0.15, -0.1) is 0 Å². The number of nitrogens with one attached hydrogen (secondary N) is 1. The van der Waals surface area contributed by atoms with Crippen LogP contribution in [0.1, 0.15) is 27.2 Å². The number of aromatic nitrogens is 2. The van der Waals surface area contributed by atoms with Gasteiger partial charge in [0.25, 0.3) is 0 Å². The van der Waals surface area contributed by atoms with Crippen molar-refractivity contribution in [2.45, 2.75) is 45.5 Å². The molecule has 1 atom stereocenters. The van der Waals surface area contributed by atoms with Gasteiger partial charge in [-0.1, -0.05) is 0 Å². The van der Waals surface area contributed by atoms with Crippen LogP contribution in [-0.2, 0) is 0 Å². The summed E-state index contributed by atoms with van der Waals surface area (Å²) in [5.74, 6) is 0.652. The SMILES string of the molecule is CC(CC(F)(F)F)Nc1cc(OC(C)C)ncn1. The highest BCUT2D eigenvalue weighted by molar-refractivity contribution is 5.37. The highest BCUT2D eigenvalue weighted by Crippen LogP contribution is 2.23. The first-order chi connectivity index (χ1) is 8.26. The van der Waals surface area contributed by atoms with Gasteiger partial charge in [-0.05, 0) is 20.8 Å². The number of ether oxygens (including phenoxy) is 1. The van der Waals surface area contributed by atoms with Crippen LogP contribution in [-0.4, -0.2) is 28.3 Å². The molecule has 0 saturated heterocycles. The van der Waals surface area contributed by atoms with Crippen molar-refractivity contribution in [3.05, 3.63) is 12.4 Å². The molecule has 0 saturated carbocycles. The summed E-state index contributed by atoms with van der Waals surface area (Å²) in [6.45, 7) is 5.11. The first-order valence-corrected chi connectivity index (χ1v) is 5.58. The predicted octanol–water partition coefficient (Wildman–Crippen LogP) is 3.02. The molecular formula is C11H16F3N3O. The van der Waals surface area contributed by atoms with Crippen molar-refractivity contribution in [1.82, 2.24) is 9.97 Å². The molecule has 7 heteroatoms. The minimum absolute atomic E-state index is 0.0552. The van der Waals surface area contributed by atoms with Gasteiger partial charge < -0.3 is 10.1 Å². The van der Waals surface area contributed by atoms with Gasteiger partial charge in [0, 0.05) is 12.1 Å². The van der Waals surface area contributed by atoms with Crippen LogP contribution >= 0.6 is 0 Å². The minimum atomic E-state index is -4.20. The maximum absolute atomic E-state index is 12.2. The zero-order chi connectivity index (χ0) is 13.8. The molecule has 0 fully saturated rings. The first kappa shape index (κ1) is 14.5. The van der Waals surface area contributed by atoms with Crippen LogP contribution in [0.5, 0.6) is 5.88 Å². The Hall–Kier alpha value is -1.53. The Balaban J connectivity index is 2.61. The average Bonchev–Trinajstić information content (AvgIpc) is 2.13. The molecule has 0 aliphatic carbocycles. The number of hydrogen-bond acceptors (Lipinski definition) is 4. The Kier molecular flexibility index (Phi) is 4.75. The fraction of sp³-hybridized carbons (Fsp3) is 0.636. The molecule has 1 heterocycles. The summed E-state index contributed by atoms with van der Waals surface area (Å²) in [4.78, 5) is 7.71. The second-order valence-electron chi connectivity index (χ2n) is 4.27. The third kappa shape index (κ3) is 5.70. The van der Waals surface area contributed by atoms with E-state index in [-0.39, 0.29) is 6.10 Å². The van der Waals surface area contributed by atoms with Gasteiger partial charge in [-0.3, -0.25) is 0 Å². The lowest BCUT2D eigenvalue weighted by Crippen LogP contribution is -2.24. The summed E-state index contributed by atoms with van der Waals surface area (Å²) in [6.07, 6.45) is -3.92. The molecule has 102 valence electrons. The van der Waals surface area contributed by atoms with Crippen LogP contribution in [0.4, 0.5) is 19.0 Å². The van der Waals surface area contributed by atoms with Gasteiger partial charge in [-0.25, -0.2) is 9.97 Å². The van der Waals surface area contributed by atoms with E-state index < -0.39 is 18.6 Å². The zero-order valence-electron chi connectivity index (χ0n) is 10.5. The van der Waals surface area contributed by atoms with Crippen LogP contribution in [0, 0.1) is 0 Å². The summed E-state index contributed by atoms with van der Waals surface area (Å²) in [6, 6.07) is 0.721. The molecule has 0 spiro atoms. The maximum Gasteiger partial charge on any atom is 0.391 e. The molecule has 0 bridgehead atoms. The number of anilines is 1. The van der Waals surface area contributed by atoms with E-state index in [1.165, 1.54) is 19.3 Å². The van der Waals surface area contributed by atoms with E-state index in [9.17, 15) is 13.2 Å². The van der Waals surface area contributed by atoms with Gasteiger partial charge in [0.15, 0.2) is 0 Å². The fourth-order valence-electron chi connectivity index (χ4n) is 1.38. The van der Waals surface area contributed by atoms with Crippen molar-refractivity contribution in [3.8, 4) is 5.88 Å². The lowest BCUT2D eigenvalue weighted by Gasteiger charge is -2.16. The second kappa shape index (κ2) is 5.88. The van der Waals surface area contributed by atoms with E-state index in [4.69, 9.17) is 4.74 Å². The molecule has 1 aromatic heterocycles. The number of nitrogens with zero attached hydrogens (tertiary/aromatic N) is 2. The van der Waals surface area contributed by atoms with Gasteiger partial charge in [0.2, 0.25) is 5.88 Å². The molecular weight excluding hydrogens is 247 g/mol. The largest absolute Gasteiger partial charge is 0.475 e. The smallest absolute Gasteiger partial charge is 0.391 e. The molecule has 0 aliphatic heterocycles. The molecule has 0 amide bonds. The first-order valence-electron chi connectivity index (χ1n) is 5.58. The van der Waals surface area contributed by atoms with Crippen molar-refractivity contribution < 1.29 is 17.9 Å². The van der Waals surface area contributed by atoms with E-state index in [0.717, 1.165) is 0 Å². The highest BCUT2D eigenvalue weighted by Gasteiger charge is 2.30. The lowest BCUT2D eigenvalue weighted by molar-refractivity contribution is -0.136. The number of alkyl halides is 3. The van der Waals surface area contributed by atoms with Crippen LogP contribution in [0.3, 0.4) is 0 Å². The van der Waals surface area contributed by atoms with E-state index >= 15 is 0 Å². The summed E-state index contributed by atoms with van der Waals surface area (Å²) in [5.41, 5.74) is 0. The standard InChI is InChI=1S/C11H16F3N3O/c1-7(2)18-10-4-9(15-6-16-10)17-8(3)5-11(12,13)14/h4,6-8H,5H2,1-3H3,(H,15,16,17).